The quantitative estimate of drug-likeness (QED) is 0.775. The zero-order chi connectivity index (χ0) is 16.5. The van der Waals surface area contributed by atoms with Crippen LogP contribution in [0.3, 0.4) is 0 Å². The largest absolute Gasteiger partial charge is 0.379 e. The van der Waals surface area contributed by atoms with E-state index in [1.807, 2.05) is 6.92 Å². The normalized spacial score (nSPS) is 22.2. The van der Waals surface area contributed by atoms with Crippen molar-refractivity contribution in [3.8, 4) is 0 Å². The second-order valence-corrected chi connectivity index (χ2v) is 7.96. The number of rotatable bonds is 5. The van der Waals surface area contributed by atoms with Gasteiger partial charge in [-0.05, 0) is 13.0 Å². The highest BCUT2D eigenvalue weighted by Crippen LogP contribution is 2.17. The molecule has 8 nitrogen and oxygen atoms in total. The number of carbonyl (C=O) groups is 1. The van der Waals surface area contributed by atoms with Crippen LogP contribution in [0.4, 0.5) is 0 Å². The van der Waals surface area contributed by atoms with Crippen molar-refractivity contribution in [2.45, 2.75) is 13.0 Å². The van der Waals surface area contributed by atoms with Crippen LogP contribution in [0.1, 0.15) is 16.2 Å². The minimum absolute atomic E-state index is 0.0494. The SMILES string of the molecule is Cc1cc(C(=O)N[C@@H]2COC[C@H]2CS(=O)(=O)N(C)C)nn1C. The molecule has 9 heteroatoms. The molecule has 1 aromatic rings. The molecule has 22 heavy (non-hydrogen) atoms. The third-order valence-corrected chi connectivity index (χ3v) is 5.80. The summed E-state index contributed by atoms with van der Waals surface area (Å²) in [5, 5.41) is 6.94. The third kappa shape index (κ3) is 3.65. The van der Waals surface area contributed by atoms with Crippen LogP contribution in [-0.2, 0) is 21.8 Å². The number of amides is 1. The maximum Gasteiger partial charge on any atom is 0.272 e. The number of aromatic nitrogens is 2. The first-order valence-electron chi connectivity index (χ1n) is 7.00. The van der Waals surface area contributed by atoms with Crippen LogP contribution in [-0.4, -0.2) is 67.5 Å². The molecule has 0 aliphatic carbocycles. The fraction of sp³-hybridized carbons (Fsp3) is 0.692. The van der Waals surface area contributed by atoms with Crippen LogP contribution in [0.15, 0.2) is 6.07 Å². The molecule has 0 aromatic carbocycles. The molecule has 1 amide bonds. The van der Waals surface area contributed by atoms with Crippen molar-refractivity contribution >= 4 is 15.9 Å². The second-order valence-electron chi connectivity index (χ2n) is 5.73. The Hall–Kier alpha value is -1.45. The molecule has 0 bridgehead atoms. The molecule has 1 aromatic heterocycles. The van der Waals surface area contributed by atoms with Gasteiger partial charge in [-0.15, -0.1) is 0 Å². The summed E-state index contributed by atoms with van der Waals surface area (Å²) in [4.78, 5) is 12.2. The topological polar surface area (TPSA) is 93.5 Å². The van der Waals surface area contributed by atoms with Crippen LogP contribution in [0.25, 0.3) is 0 Å². The van der Waals surface area contributed by atoms with E-state index in [2.05, 4.69) is 10.4 Å². The average Bonchev–Trinajstić information content (AvgIpc) is 2.97. The number of ether oxygens (including phenoxy) is 1. The van der Waals surface area contributed by atoms with E-state index in [-0.39, 0.29) is 23.6 Å². The summed E-state index contributed by atoms with van der Waals surface area (Å²) in [6.45, 7) is 2.49. The molecular formula is C13H22N4O4S. The minimum atomic E-state index is -3.34. The van der Waals surface area contributed by atoms with Crippen LogP contribution in [0.2, 0.25) is 0 Å². The lowest BCUT2D eigenvalue weighted by Gasteiger charge is -2.20. The van der Waals surface area contributed by atoms with Gasteiger partial charge in [0.15, 0.2) is 0 Å². The van der Waals surface area contributed by atoms with Crippen molar-refractivity contribution < 1.29 is 17.9 Å². The van der Waals surface area contributed by atoms with E-state index >= 15 is 0 Å². The summed E-state index contributed by atoms with van der Waals surface area (Å²) < 4.78 is 32.1. The Kier molecular flexibility index (Phi) is 4.88. The number of hydrogen-bond donors (Lipinski definition) is 1. The standard InChI is InChI=1S/C13H22N4O4S/c1-9-5-11(15-17(9)4)13(18)14-12-7-21-6-10(12)8-22(19,20)16(2)3/h5,10,12H,6-8H2,1-4H3,(H,14,18)/t10-,12+/m0/s1. The van der Waals surface area contributed by atoms with Crippen molar-refractivity contribution in [1.29, 1.82) is 0 Å². The summed E-state index contributed by atoms with van der Waals surface area (Å²) in [7, 11) is 1.42. The predicted octanol–water partition coefficient (Wildman–Crippen LogP) is -0.635. The van der Waals surface area contributed by atoms with Gasteiger partial charge >= 0.3 is 0 Å². The van der Waals surface area contributed by atoms with Gasteiger partial charge in [0.05, 0.1) is 25.0 Å². The lowest BCUT2D eigenvalue weighted by molar-refractivity contribution is 0.0920. The lowest BCUT2D eigenvalue weighted by atomic mass is 10.1. The van der Waals surface area contributed by atoms with E-state index in [1.54, 1.807) is 17.8 Å². The van der Waals surface area contributed by atoms with E-state index in [1.165, 1.54) is 18.4 Å². The molecule has 0 saturated carbocycles. The van der Waals surface area contributed by atoms with Crippen molar-refractivity contribution in [2.24, 2.45) is 13.0 Å². The number of nitrogens with one attached hydrogen (secondary N) is 1. The summed E-state index contributed by atoms with van der Waals surface area (Å²) in [5.74, 6) is -0.626. The first-order chi connectivity index (χ1) is 10.2. The molecule has 2 atom stereocenters. The Labute approximate surface area is 130 Å². The average molecular weight is 330 g/mol. The van der Waals surface area contributed by atoms with E-state index in [4.69, 9.17) is 4.74 Å². The van der Waals surface area contributed by atoms with E-state index in [0.29, 0.717) is 18.9 Å². The molecule has 124 valence electrons. The fourth-order valence-electron chi connectivity index (χ4n) is 2.26. The van der Waals surface area contributed by atoms with Gasteiger partial charge in [0.1, 0.15) is 5.69 Å². The van der Waals surface area contributed by atoms with Crippen molar-refractivity contribution in [1.82, 2.24) is 19.4 Å². The summed E-state index contributed by atoms with van der Waals surface area (Å²) >= 11 is 0. The first-order valence-corrected chi connectivity index (χ1v) is 8.61. The van der Waals surface area contributed by atoms with E-state index < -0.39 is 10.0 Å². The Morgan fingerprint density at radius 1 is 1.50 bits per heavy atom. The van der Waals surface area contributed by atoms with Crippen LogP contribution in [0.5, 0.6) is 0 Å². The fourth-order valence-corrected chi connectivity index (χ4v) is 3.42. The third-order valence-electron chi connectivity index (χ3n) is 3.84. The van der Waals surface area contributed by atoms with Gasteiger partial charge in [-0.3, -0.25) is 9.48 Å². The zero-order valence-corrected chi connectivity index (χ0v) is 14.1. The maximum atomic E-state index is 12.2. The highest BCUT2D eigenvalue weighted by atomic mass is 32.2. The molecule has 1 N–H and O–H groups in total. The molecular weight excluding hydrogens is 308 g/mol. The highest BCUT2D eigenvalue weighted by Gasteiger charge is 2.34. The molecule has 0 unspecified atom stereocenters. The molecule has 0 radical (unpaired) electrons. The number of carbonyl (C=O) groups excluding carboxylic acids is 1. The Morgan fingerprint density at radius 2 is 2.18 bits per heavy atom. The molecule has 0 spiro atoms. The van der Waals surface area contributed by atoms with Crippen LogP contribution < -0.4 is 5.32 Å². The number of aryl methyl sites for hydroxylation is 2. The summed E-state index contributed by atoms with van der Waals surface area (Å²) in [6, 6.07) is 1.36. The minimum Gasteiger partial charge on any atom is -0.379 e. The van der Waals surface area contributed by atoms with Gasteiger partial charge in [-0.25, -0.2) is 12.7 Å². The van der Waals surface area contributed by atoms with Crippen molar-refractivity contribution in [3.05, 3.63) is 17.5 Å². The second kappa shape index (κ2) is 6.35. The Balaban J connectivity index is 2.04. The molecule has 1 aliphatic heterocycles. The van der Waals surface area contributed by atoms with Crippen molar-refractivity contribution in [3.63, 3.8) is 0 Å². The van der Waals surface area contributed by atoms with Gasteiger partial charge in [0.25, 0.3) is 5.91 Å². The number of nitrogens with zero attached hydrogens (tertiary/aromatic N) is 3. The molecule has 1 saturated heterocycles. The maximum absolute atomic E-state index is 12.2. The van der Waals surface area contributed by atoms with Gasteiger partial charge < -0.3 is 10.1 Å². The van der Waals surface area contributed by atoms with Gasteiger partial charge in [-0.1, -0.05) is 0 Å². The van der Waals surface area contributed by atoms with E-state index in [9.17, 15) is 13.2 Å². The van der Waals surface area contributed by atoms with Crippen molar-refractivity contribution in [2.75, 3.05) is 33.1 Å². The number of hydrogen-bond acceptors (Lipinski definition) is 5. The summed E-state index contributed by atoms with van der Waals surface area (Å²) in [5.41, 5.74) is 1.20. The summed E-state index contributed by atoms with van der Waals surface area (Å²) in [6.07, 6.45) is 0. The Morgan fingerprint density at radius 3 is 2.73 bits per heavy atom. The number of sulfonamides is 1. The molecule has 1 aliphatic rings. The molecule has 1 fully saturated rings. The smallest absolute Gasteiger partial charge is 0.272 e. The highest BCUT2D eigenvalue weighted by molar-refractivity contribution is 7.89. The monoisotopic (exact) mass is 330 g/mol. The van der Waals surface area contributed by atoms with E-state index in [0.717, 1.165) is 5.69 Å². The van der Waals surface area contributed by atoms with Gasteiger partial charge in [0, 0.05) is 32.8 Å². The molecule has 2 heterocycles. The Bertz CT molecular complexity index is 633. The zero-order valence-electron chi connectivity index (χ0n) is 13.2. The van der Waals surface area contributed by atoms with Gasteiger partial charge in [-0.2, -0.15) is 5.10 Å². The molecule has 2 rings (SSSR count). The van der Waals surface area contributed by atoms with Crippen LogP contribution >= 0.6 is 0 Å². The predicted molar refractivity (Wildman–Crippen MR) is 81.0 cm³/mol. The first kappa shape index (κ1) is 16.9. The van der Waals surface area contributed by atoms with Gasteiger partial charge in [0.2, 0.25) is 10.0 Å². The lowest BCUT2D eigenvalue weighted by Crippen LogP contribution is -2.43. The van der Waals surface area contributed by atoms with Crippen LogP contribution in [0, 0.1) is 12.8 Å².